The second kappa shape index (κ2) is 4.19. The van der Waals surface area contributed by atoms with Crippen LogP contribution in [0.1, 0.15) is 23.3 Å². The molecule has 0 aliphatic heterocycles. The smallest absolute Gasteiger partial charge is 0.102 e. The van der Waals surface area contributed by atoms with Crippen molar-refractivity contribution in [1.82, 2.24) is 0 Å². The SMILES string of the molecule is Clc1ccc(-[n+]2cc3c(s2)CCCC3)cc1. The zero-order valence-corrected chi connectivity index (χ0v) is 10.5. The van der Waals surface area contributed by atoms with Crippen LogP contribution >= 0.6 is 23.1 Å². The third-order valence-electron chi connectivity index (χ3n) is 3.02. The van der Waals surface area contributed by atoms with E-state index in [1.54, 1.807) is 4.88 Å². The lowest BCUT2D eigenvalue weighted by Gasteiger charge is -2.04. The maximum atomic E-state index is 5.89. The minimum Gasteiger partial charge on any atom is -0.102 e. The Balaban J connectivity index is 2.00. The first-order valence-corrected chi connectivity index (χ1v) is 6.78. The van der Waals surface area contributed by atoms with Crippen LogP contribution in [0, 0.1) is 0 Å². The second-order valence-corrected chi connectivity index (χ2v) is 5.68. The summed E-state index contributed by atoms with van der Waals surface area (Å²) in [5.74, 6) is 0. The quantitative estimate of drug-likeness (QED) is 0.682. The van der Waals surface area contributed by atoms with Crippen molar-refractivity contribution in [2.24, 2.45) is 0 Å². The summed E-state index contributed by atoms with van der Waals surface area (Å²) >= 11 is 7.76. The summed E-state index contributed by atoms with van der Waals surface area (Å²) in [6.45, 7) is 0. The first-order chi connectivity index (χ1) is 7.83. The molecule has 1 aliphatic carbocycles. The number of benzene rings is 1. The van der Waals surface area contributed by atoms with Gasteiger partial charge in [-0.25, -0.2) is 0 Å². The van der Waals surface area contributed by atoms with Crippen LogP contribution in [0.5, 0.6) is 0 Å². The molecular weight excluding hydrogens is 238 g/mol. The number of aryl methyl sites for hydroxylation is 2. The molecule has 3 rings (SSSR count). The van der Waals surface area contributed by atoms with Crippen molar-refractivity contribution in [1.29, 1.82) is 0 Å². The molecule has 0 amide bonds. The Kier molecular flexibility index (Phi) is 2.70. The minimum atomic E-state index is 0.797. The third-order valence-corrected chi connectivity index (χ3v) is 4.47. The molecule has 1 heterocycles. The summed E-state index contributed by atoms with van der Waals surface area (Å²) in [4.78, 5) is 1.56. The predicted octanol–water partition coefficient (Wildman–Crippen LogP) is 3.56. The van der Waals surface area contributed by atoms with Crippen molar-refractivity contribution in [3.63, 3.8) is 0 Å². The van der Waals surface area contributed by atoms with E-state index in [9.17, 15) is 0 Å². The van der Waals surface area contributed by atoms with Crippen LogP contribution in [0.3, 0.4) is 0 Å². The molecule has 2 aromatic rings. The van der Waals surface area contributed by atoms with Crippen molar-refractivity contribution in [2.45, 2.75) is 25.7 Å². The number of rotatable bonds is 1. The highest BCUT2D eigenvalue weighted by molar-refractivity contribution is 7.02. The van der Waals surface area contributed by atoms with Gasteiger partial charge < -0.3 is 0 Å². The van der Waals surface area contributed by atoms with Crippen LogP contribution in [0.15, 0.2) is 30.5 Å². The lowest BCUT2D eigenvalue weighted by Crippen LogP contribution is -2.23. The molecule has 0 bridgehead atoms. The highest BCUT2D eigenvalue weighted by atomic mass is 35.5. The van der Waals surface area contributed by atoms with Crippen molar-refractivity contribution < 1.29 is 3.96 Å². The van der Waals surface area contributed by atoms with Gasteiger partial charge in [-0.05, 0) is 37.8 Å². The summed E-state index contributed by atoms with van der Waals surface area (Å²) in [7, 11) is 0. The van der Waals surface area contributed by atoms with E-state index >= 15 is 0 Å². The maximum absolute atomic E-state index is 5.89. The molecule has 1 aromatic carbocycles. The standard InChI is InChI=1S/C13H13ClNS/c14-11-5-7-12(8-6-11)15-9-10-3-1-2-4-13(10)16-15/h5-9H,1-4H2/q+1. The van der Waals surface area contributed by atoms with E-state index in [2.05, 4.69) is 22.3 Å². The zero-order chi connectivity index (χ0) is 11.0. The monoisotopic (exact) mass is 250 g/mol. The van der Waals surface area contributed by atoms with Gasteiger partial charge in [0.15, 0.2) is 6.20 Å². The van der Waals surface area contributed by atoms with E-state index in [1.807, 2.05) is 23.7 Å². The average Bonchev–Trinajstić information content (AvgIpc) is 2.73. The van der Waals surface area contributed by atoms with Gasteiger partial charge in [-0.3, -0.25) is 0 Å². The van der Waals surface area contributed by atoms with Crippen LogP contribution in [0.4, 0.5) is 0 Å². The minimum absolute atomic E-state index is 0.797. The summed E-state index contributed by atoms with van der Waals surface area (Å²) < 4.78 is 2.26. The zero-order valence-electron chi connectivity index (χ0n) is 8.95. The first-order valence-electron chi connectivity index (χ1n) is 5.62. The van der Waals surface area contributed by atoms with Crippen molar-refractivity contribution in [3.05, 3.63) is 45.9 Å². The van der Waals surface area contributed by atoms with Crippen molar-refractivity contribution in [2.75, 3.05) is 0 Å². The van der Waals surface area contributed by atoms with Crippen LogP contribution in [0.25, 0.3) is 5.69 Å². The Morgan fingerprint density at radius 1 is 1.06 bits per heavy atom. The summed E-state index contributed by atoms with van der Waals surface area (Å²) in [6.07, 6.45) is 7.45. The molecule has 1 aliphatic rings. The molecule has 0 atom stereocenters. The van der Waals surface area contributed by atoms with Crippen LogP contribution in [0.2, 0.25) is 5.02 Å². The topological polar surface area (TPSA) is 3.88 Å². The molecule has 0 spiro atoms. The number of hydrogen-bond donors (Lipinski definition) is 0. The number of aromatic nitrogens is 1. The van der Waals surface area contributed by atoms with Gasteiger partial charge >= 0.3 is 0 Å². The van der Waals surface area contributed by atoms with E-state index in [0.717, 1.165) is 5.02 Å². The second-order valence-electron chi connectivity index (χ2n) is 4.18. The van der Waals surface area contributed by atoms with Crippen LogP contribution < -0.4 is 3.96 Å². The Labute approximate surface area is 104 Å². The lowest BCUT2D eigenvalue weighted by molar-refractivity contribution is -0.520. The molecule has 0 saturated carbocycles. The Morgan fingerprint density at radius 2 is 1.81 bits per heavy atom. The van der Waals surface area contributed by atoms with Gasteiger partial charge in [0.2, 0.25) is 5.69 Å². The van der Waals surface area contributed by atoms with Gasteiger partial charge in [0.1, 0.15) is 11.5 Å². The van der Waals surface area contributed by atoms with E-state index < -0.39 is 0 Å². The third kappa shape index (κ3) is 1.87. The summed E-state index contributed by atoms with van der Waals surface area (Å²) in [6, 6.07) is 8.04. The Morgan fingerprint density at radius 3 is 2.56 bits per heavy atom. The van der Waals surface area contributed by atoms with Crippen LogP contribution in [-0.4, -0.2) is 0 Å². The normalized spacial score (nSPS) is 14.8. The molecule has 0 N–H and O–H groups in total. The highest BCUT2D eigenvalue weighted by Gasteiger charge is 2.20. The van der Waals surface area contributed by atoms with E-state index in [0.29, 0.717) is 0 Å². The van der Waals surface area contributed by atoms with E-state index in [4.69, 9.17) is 11.6 Å². The molecule has 1 nitrogen and oxygen atoms in total. The summed E-state index contributed by atoms with van der Waals surface area (Å²) in [5.41, 5.74) is 2.75. The molecule has 16 heavy (non-hydrogen) atoms. The summed E-state index contributed by atoms with van der Waals surface area (Å²) in [5, 5.41) is 0.797. The number of fused-ring (bicyclic) bond motifs is 1. The van der Waals surface area contributed by atoms with E-state index in [1.165, 1.54) is 36.9 Å². The van der Waals surface area contributed by atoms with Crippen LogP contribution in [-0.2, 0) is 12.8 Å². The molecule has 0 radical (unpaired) electrons. The highest BCUT2D eigenvalue weighted by Crippen LogP contribution is 2.24. The van der Waals surface area contributed by atoms with Gasteiger partial charge in [0.05, 0.1) is 4.88 Å². The number of halogens is 1. The van der Waals surface area contributed by atoms with Gasteiger partial charge in [-0.15, -0.1) is 3.96 Å². The molecule has 0 unspecified atom stereocenters. The molecule has 3 heteroatoms. The molecule has 82 valence electrons. The number of nitrogens with zero attached hydrogens (tertiary/aromatic N) is 1. The average molecular weight is 251 g/mol. The van der Waals surface area contributed by atoms with Crippen molar-refractivity contribution >= 4 is 23.1 Å². The number of hydrogen-bond acceptors (Lipinski definition) is 1. The van der Waals surface area contributed by atoms with Gasteiger partial charge in [0, 0.05) is 22.7 Å². The first kappa shape index (κ1) is 10.3. The molecular formula is C13H13ClNS+. The van der Waals surface area contributed by atoms with Gasteiger partial charge in [-0.2, -0.15) is 0 Å². The van der Waals surface area contributed by atoms with Gasteiger partial charge in [0.25, 0.3) is 0 Å². The molecule has 0 fully saturated rings. The fraction of sp³-hybridized carbons (Fsp3) is 0.308. The fourth-order valence-corrected chi connectivity index (χ4v) is 3.42. The largest absolute Gasteiger partial charge is 0.225 e. The Bertz CT molecular complexity index is 478. The molecule has 1 aromatic heterocycles. The fourth-order valence-electron chi connectivity index (χ4n) is 2.14. The predicted molar refractivity (Wildman–Crippen MR) is 67.5 cm³/mol. The maximum Gasteiger partial charge on any atom is 0.225 e. The van der Waals surface area contributed by atoms with Crippen molar-refractivity contribution in [3.8, 4) is 5.69 Å². The molecule has 0 saturated heterocycles. The van der Waals surface area contributed by atoms with E-state index in [-0.39, 0.29) is 0 Å². The van der Waals surface area contributed by atoms with Gasteiger partial charge in [-0.1, -0.05) is 11.6 Å². The Hall–Kier alpha value is -0.860. The lowest BCUT2D eigenvalue weighted by atomic mass is 10.0.